The van der Waals surface area contributed by atoms with E-state index >= 15 is 0 Å². The molecule has 2 unspecified atom stereocenters. The van der Waals surface area contributed by atoms with Crippen LogP contribution < -0.4 is 10.6 Å². The second-order valence-electron chi connectivity index (χ2n) is 6.30. The van der Waals surface area contributed by atoms with Gasteiger partial charge in [-0.15, -0.1) is 0 Å². The van der Waals surface area contributed by atoms with E-state index in [0.29, 0.717) is 29.7 Å². The second-order valence-corrected chi connectivity index (χ2v) is 6.74. The highest BCUT2D eigenvalue weighted by Gasteiger charge is 2.62. The van der Waals surface area contributed by atoms with Gasteiger partial charge in [0, 0.05) is 29.1 Å². The van der Waals surface area contributed by atoms with Crippen LogP contribution in [0, 0.1) is 11.8 Å². The molecular formula is C15H17ClN4O2. The first-order chi connectivity index (χ1) is 10.5. The van der Waals surface area contributed by atoms with Crippen LogP contribution in [0.3, 0.4) is 0 Å². The molecular weight excluding hydrogens is 304 g/mol. The summed E-state index contributed by atoms with van der Waals surface area (Å²) in [4.78, 5) is 11.4. The lowest BCUT2D eigenvalue weighted by Crippen LogP contribution is -2.38. The summed E-state index contributed by atoms with van der Waals surface area (Å²) in [6.07, 6.45) is 2.96. The number of halogens is 1. The quantitative estimate of drug-likeness (QED) is 0.679. The summed E-state index contributed by atoms with van der Waals surface area (Å²) in [7, 11) is 1.60. The maximum Gasteiger partial charge on any atom is 0.314 e. The molecule has 22 heavy (non-hydrogen) atoms. The van der Waals surface area contributed by atoms with Gasteiger partial charge >= 0.3 is 6.03 Å². The minimum absolute atomic E-state index is 0.164. The first-order valence-electron chi connectivity index (χ1n) is 7.35. The zero-order chi connectivity index (χ0) is 15.5. The first kappa shape index (κ1) is 13.8. The summed E-state index contributed by atoms with van der Waals surface area (Å²) < 4.78 is 0. The molecule has 0 saturated heterocycles. The van der Waals surface area contributed by atoms with Crippen molar-refractivity contribution in [2.24, 2.45) is 11.8 Å². The third kappa shape index (κ3) is 1.98. The normalized spacial score (nSPS) is 32.8. The number of carbonyl (C=O) groups excluding carboxylic acids is 1. The number of aromatic amines is 1. The van der Waals surface area contributed by atoms with Crippen molar-refractivity contribution in [1.82, 2.24) is 20.8 Å². The van der Waals surface area contributed by atoms with Crippen LogP contribution in [-0.4, -0.2) is 34.4 Å². The molecule has 0 spiro atoms. The Balaban J connectivity index is 1.60. The van der Waals surface area contributed by atoms with Crippen LogP contribution in [0.2, 0.25) is 5.02 Å². The summed E-state index contributed by atoms with van der Waals surface area (Å²) in [6.45, 7) is 0. The highest BCUT2D eigenvalue weighted by Crippen LogP contribution is 2.60. The minimum atomic E-state index is -0.911. The monoisotopic (exact) mass is 320 g/mol. The van der Waals surface area contributed by atoms with Crippen LogP contribution in [0.4, 0.5) is 4.79 Å². The Labute approximate surface area is 132 Å². The number of fused-ring (bicyclic) bond motifs is 2. The van der Waals surface area contributed by atoms with E-state index < -0.39 is 5.60 Å². The number of amides is 2. The van der Waals surface area contributed by atoms with Crippen LogP contribution in [0.1, 0.15) is 18.4 Å². The van der Waals surface area contributed by atoms with Gasteiger partial charge in [-0.1, -0.05) is 11.6 Å². The molecule has 2 aromatic rings. The highest BCUT2D eigenvalue weighted by atomic mass is 35.5. The molecule has 2 aliphatic rings. The Morgan fingerprint density at radius 1 is 1.45 bits per heavy atom. The lowest BCUT2D eigenvalue weighted by atomic mass is 9.87. The Morgan fingerprint density at radius 3 is 2.86 bits per heavy atom. The summed E-state index contributed by atoms with van der Waals surface area (Å²) in [5.41, 5.74) is 0.730. The zero-order valence-corrected chi connectivity index (χ0v) is 12.8. The topological polar surface area (TPSA) is 90.0 Å². The van der Waals surface area contributed by atoms with Crippen molar-refractivity contribution in [1.29, 1.82) is 0 Å². The maximum atomic E-state index is 11.4. The number of benzene rings is 1. The standard InChI is InChI=1S/C15H17ClN4O2/c1-17-14(21)19-13-9-4-15(22,5-10(9)13)11-3-8(16)2-7-6-18-20-12(7)11/h2-3,6,9-10,13,22H,4-5H2,1H3,(H,18,20)(H2,17,19,21)/t9-,10+,13?,15?. The Hall–Kier alpha value is -1.79. The van der Waals surface area contributed by atoms with Crippen molar-refractivity contribution < 1.29 is 9.90 Å². The fraction of sp³-hybridized carbons (Fsp3) is 0.467. The number of hydrogen-bond acceptors (Lipinski definition) is 3. The van der Waals surface area contributed by atoms with Crippen LogP contribution in [0.5, 0.6) is 0 Å². The summed E-state index contributed by atoms with van der Waals surface area (Å²) in [6, 6.07) is 3.64. The second kappa shape index (κ2) is 4.60. The maximum absolute atomic E-state index is 11.4. The molecule has 0 aliphatic heterocycles. The fourth-order valence-electron chi connectivity index (χ4n) is 3.91. The van der Waals surface area contributed by atoms with Crippen molar-refractivity contribution in [2.75, 3.05) is 7.05 Å². The zero-order valence-electron chi connectivity index (χ0n) is 12.1. The molecule has 4 N–H and O–H groups in total. The van der Waals surface area contributed by atoms with E-state index in [9.17, 15) is 9.90 Å². The van der Waals surface area contributed by atoms with Crippen molar-refractivity contribution >= 4 is 28.5 Å². The molecule has 7 heteroatoms. The molecule has 1 aromatic carbocycles. The largest absolute Gasteiger partial charge is 0.385 e. The Morgan fingerprint density at radius 2 is 2.18 bits per heavy atom. The minimum Gasteiger partial charge on any atom is -0.385 e. The average molecular weight is 321 g/mol. The predicted octanol–water partition coefficient (Wildman–Crippen LogP) is 1.74. The predicted molar refractivity (Wildman–Crippen MR) is 82.6 cm³/mol. The van der Waals surface area contributed by atoms with Gasteiger partial charge in [-0.2, -0.15) is 5.10 Å². The Kier molecular flexibility index (Phi) is 2.90. The van der Waals surface area contributed by atoms with E-state index in [-0.39, 0.29) is 12.1 Å². The lowest BCUT2D eigenvalue weighted by Gasteiger charge is -2.27. The highest BCUT2D eigenvalue weighted by molar-refractivity contribution is 6.31. The van der Waals surface area contributed by atoms with E-state index in [2.05, 4.69) is 20.8 Å². The molecule has 116 valence electrons. The van der Waals surface area contributed by atoms with Crippen LogP contribution in [0.15, 0.2) is 18.3 Å². The van der Waals surface area contributed by atoms with E-state index in [1.54, 1.807) is 13.2 Å². The van der Waals surface area contributed by atoms with E-state index in [0.717, 1.165) is 16.5 Å². The first-order valence-corrected chi connectivity index (χ1v) is 7.73. The smallest absolute Gasteiger partial charge is 0.314 e. The van der Waals surface area contributed by atoms with Gasteiger partial charge in [-0.05, 0) is 36.8 Å². The SMILES string of the molecule is CNC(=O)NC1[C@H]2CC(O)(c3cc(Cl)cc4cn[nH]c34)C[C@@H]12. The van der Waals surface area contributed by atoms with Crippen LogP contribution in [-0.2, 0) is 5.60 Å². The van der Waals surface area contributed by atoms with Crippen molar-refractivity contribution in [3.8, 4) is 0 Å². The molecule has 6 nitrogen and oxygen atoms in total. The van der Waals surface area contributed by atoms with Gasteiger partial charge in [0.25, 0.3) is 0 Å². The molecule has 0 radical (unpaired) electrons. The number of urea groups is 1. The number of aromatic nitrogens is 2. The molecule has 4 rings (SSSR count). The van der Waals surface area contributed by atoms with Crippen molar-refractivity contribution in [3.63, 3.8) is 0 Å². The van der Waals surface area contributed by atoms with Crippen LogP contribution in [0.25, 0.3) is 10.9 Å². The fourth-order valence-corrected chi connectivity index (χ4v) is 4.14. The number of carbonyl (C=O) groups is 1. The van der Waals surface area contributed by atoms with Crippen LogP contribution >= 0.6 is 11.6 Å². The Bertz CT molecular complexity index is 747. The number of H-pyrrole nitrogens is 1. The van der Waals surface area contributed by atoms with Gasteiger partial charge in [0.1, 0.15) is 0 Å². The third-order valence-corrected chi connectivity index (χ3v) is 5.24. The van der Waals surface area contributed by atoms with Crippen molar-refractivity contribution in [2.45, 2.75) is 24.5 Å². The van der Waals surface area contributed by atoms with E-state index in [1.807, 2.05) is 12.1 Å². The van der Waals surface area contributed by atoms with Gasteiger partial charge < -0.3 is 15.7 Å². The summed E-state index contributed by atoms with van der Waals surface area (Å²) >= 11 is 6.17. The van der Waals surface area contributed by atoms with Gasteiger partial charge in [-0.25, -0.2) is 4.79 Å². The summed E-state index contributed by atoms with van der Waals surface area (Å²) in [5.74, 6) is 0.638. The van der Waals surface area contributed by atoms with E-state index in [4.69, 9.17) is 11.6 Å². The molecule has 2 amide bonds. The van der Waals surface area contributed by atoms with Crippen molar-refractivity contribution in [3.05, 3.63) is 28.9 Å². The number of aliphatic hydroxyl groups is 1. The van der Waals surface area contributed by atoms with Gasteiger partial charge in [0.15, 0.2) is 0 Å². The average Bonchev–Trinajstić information content (AvgIpc) is 2.86. The van der Waals surface area contributed by atoms with Gasteiger partial charge in [0.2, 0.25) is 0 Å². The van der Waals surface area contributed by atoms with E-state index in [1.165, 1.54) is 0 Å². The molecule has 0 bridgehead atoms. The molecule has 2 fully saturated rings. The van der Waals surface area contributed by atoms with Gasteiger partial charge in [-0.3, -0.25) is 5.10 Å². The molecule has 2 aliphatic carbocycles. The molecule has 1 heterocycles. The number of nitrogens with zero attached hydrogens (tertiary/aromatic N) is 1. The number of hydrogen-bond donors (Lipinski definition) is 4. The lowest BCUT2D eigenvalue weighted by molar-refractivity contribution is 0.0297. The number of nitrogens with one attached hydrogen (secondary N) is 3. The number of rotatable bonds is 2. The molecule has 2 saturated carbocycles. The van der Waals surface area contributed by atoms with Gasteiger partial charge in [0.05, 0.1) is 17.3 Å². The molecule has 4 atom stereocenters. The summed E-state index contributed by atoms with van der Waals surface area (Å²) in [5, 5.41) is 25.1. The third-order valence-electron chi connectivity index (χ3n) is 5.02. The molecule has 1 aromatic heterocycles.